The van der Waals surface area contributed by atoms with E-state index in [1.807, 2.05) is 0 Å². The Morgan fingerprint density at radius 1 is 1.16 bits per heavy atom. The number of aromatic hydroxyl groups is 1. The summed E-state index contributed by atoms with van der Waals surface area (Å²) in [4.78, 5) is 27.1. The van der Waals surface area contributed by atoms with E-state index in [-0.39, 0.29) is 23.7 Å². The van der Waals surface area contributed by atoms with Crippen molar-refractivity contribution < 1.29 is 27.8 Å². The van der Waals surface area contributed by atoms with E-state index in [1.54, 1.807) is 37.9 Å². The minimum Gasteiger partial charge on any atom is -0.507 e. The van der Waals surface area contributed by atoms with Gasteiger partial charge < -0.3 is 19.3 Å². The number of likely N-dealkylation sites (tertiary alicyclic amines) is 1. The standard InChI is InChI=1S/C22H25F3N2O4/c1-21(2,3)31-20(30)26-10-4-6-15(13-26)27-11-5-7-17(19(27)29)16-9-8-14(12-18(16)28)22(23,24)25/h5,7-9,11-12,15,28H,4,6,10,13H2,1-3H3/t15-/m1/s1. The SMILES string of the molecule is CC(C)(C)OC(=O)N1CCC[C@@H](n2cccc(-c3ccc(C(F)(F)F)cc3O)c2=O)C1. The molecule has 1 atom stereocenters. The van der Waals surface area contributed by atoms with Crippen LogP contribution in [0.15, 0.2) is 41.3 Å². The summed E-state index contributed by atoms with van der Waals surface area (Å²) in [5, 5.41) is 10.1. The Morgan fingerprint density at radius 2 is 1.87 bits per heavy atom. The number of pyridine rings is 1. The number of piperidine rings is 1. The number of hydrogen-bond acceptors (Lipinski definition) is 4. The summed E-state index contributed by atoms with van der Waals surface area (Å²) >= 11 is 0. The third-order valence-corrected chi connectivity index (χ3v) is 5.03. The number of aromatic nitrogens is 1. The van der Waals surface area contributed by atoms with Crippen molar-refractivity contribution in [3.63, 3.8) is 0 Å². The molecule has 1 amide bonds. The summed E-state index contributed by atoms with van der Waals surface area (Å²) in [6.45, 7) is 6.11. The molecule has 9 heteroatoms. The highest BCUT2D eigenvalue weighted by atomic mass is 19.4. The Balaban J connectivity index is 1.89. The number of carbonyl (C=O) groups excluding carboxylic acids is 1. The summed E-state index contributed by atoms with van der Waals surface area (Å²) in [7, 11) is 0. The molecular formula is C22H25F3N2O4. The second-order valence-corrected chi connectivity index (χ2v) is 8.59. The predicted octanol–water partition coefficient (Wildman–Crippen LogP) is 4.81. The van der Waals surface area contributed by atoms with Gasteiger partial charge in [0, 0.05) is 24.8 Å². The summed E-state index contributed by atoms with van der Waals surface area (Å²) < 4.78 is 45.5. The molecule has 1 aliphatic rings. The molecule has 0 unspecified atom stereocenters. The molecule has 1 fully saturated rings. The third kappa shape index (κ3) is 5.21. The number of carbonyl (C=O) groups is 1. The molecule has 0 bridgehead atoms. The largest absolute Gasteiger partial charge is 0.507 e. The molecule has 1 aromatic heterocycles. The monoisotopic (exact) mass is 438 g/mol. The van der Waals surface area contributed by atoms with Crippen LogP contribution in [0.5, 0.6) is 5.75 Å². The summed E-state index contributed by atoms with van der Waals surface area (Å²) in [5.74, 6) is -0.622. The van der Waals surface area contributed by atoms with E-state index < -0.39 is 34.7 Å². The van der Waals surface area contributed by atoms with E-state index in [0.717, 1.165) is 12.1 Å². The van der Waals surface area contributed by atoms with Crippen LogP contribution in [-0.4, -0.2) is 39.4 Å². The molecule has 31 heavy (non-hydrogen) atoms. The molecule has 3 rings (SSSR count). The first-order valence-corrected chi connectivity index (χ1v) is 9.96. The molecule has 1 aromatic carbocycles. The van der Waals surface area contributed by atoms with Gasteiger partial charge in [0.2, 0.25) is 0 Å². The molecule has 0 aliphatic carbocycles. The number of ether oxygens (including phenoxy) is 1. The number of halogens is 3. The first-order valence-electron chi connectivity index (χ1n) is 9.96. The number of amides is 1. The minimum atomic E-state index is -4.60. The molecule has 2 aromatic rings. The van der Waals surface area contributed by atoms with E-state index >= 15 is 0 Å². The van der Waals surface area contributed by atoms with Gasteiger partial charge in [-0.15, -0.1) is 0 Å². The van der Waals surface area contributed by atoms with Crippen molar-refractivity contribution in [2.75, 3.05) is 13.1 Å². The fourth-order valence-corrected chi connectivity index (χ4v) is 3.61. The van der Waals surface area contributed by atoms with E-state index in [2.05, 4.69) is 0 Å². The van der Waals surface area contributed by atoms with E-state index in [0.29, 0.717) is 25.5 Å². The number of rotatable bonds is 2. The zero-order valence-electron chi connectivity index (χ0n) is 17.6. The Hall–Kier alpha value is -2.97. The van der Waals surface area contributed by atoms with Crippen molar-refractivity contribution >= 4 is 6.09 Å². The Morgan fingerprint density at radius 3 is 2.48 bits per heavy atom. The molecule has 1 saturated heterocycles. The van der Waals surface area contributed by atoms with E-state index in [9.17, 15) is 27.9 Å². The van der Waals surface area contributed by atoms with E-state index in [4.69, 9.17) is 4.74 Å². The van der Waals surface area contributed by atoms with E-state index in [1.165, 1.54) is 10.6 Å². The topological polar surface area (TPSA) is 71.8 Å². The average Bonchev–Trinajstić information content (AvgIpc) is 2.66. The van der Waals surface area contributed by atoms with Gasteiger partial charge in [-0.05, 0) is 63.9 Å². The van der Waals surface area contributed by atoms with Crippen LogP contribution in [0.4, 0.5) is 18.0 Å². The number of phenolic OH excluding ortho intramolecular Hbond substituents is 1. The van der Waals surface area contributed by atoms with Crippen molar-refractivity contribution in [3.8, 4) is 16.9 Å². The normalized spacial score (nSPS) is 17.5. The first kappa shape index (κ1) is 22.7. The molecule has 0 spiro atoms. The summed E-state index contributed by atoms with van der Waals surface area (Å²) in [6, 6.07) is 5.27. The van der Waals surface area contributed by atoms with Gasteiger partial charge in [-0.25, -0.2) is 4.79 Å². The number of nitrogens with zero attached hydrogens (tertiary/aromatic N) is 2. The second-order valence-electron chi connectivity index (χ2n) is 8.59. The van der Waals surface area contributed by atoms with Crippen LogP contribution >= 0.6 is 0 Å². The lowest BCUT2D eigenvalue weighted by Crippen LogP contribution is -2.45. The molecule has 6 nitrogen and oxygen atoms in total. The van der Waals surface area contributed by atoms with Crippen molar-refractivity contribution in [2.24, 2.45) is 0 Å². The van der Waals surface area contributed by atoms with Crippen LogP contribution in [-0.2, 0) is 10.9 Å². The highest BCUT2D eigenvalue weighted by Crippen LogP contribution is 2.35. The smallest absolute Gasteiger partial charge is 0.416 e. The average molecular weight is 438 g/mol. The van der Waals surface area contributed by atoms with Crippen molar-refractivity contribution in [3.05, 3.63) is 52.4 Å². The van der Waals surface area contributed by atoms with Crippen molar-refractivity contribution in [2.45, 2.75) is 51.4 Å². The van der Waals surface area contributed by atoms with Crippen molar-refractivity contribution in [1.82, 2.24) is 9.47 Å². The fourth-order valence-electron chi connectivity index (χ4n) is 3.61. The lowest BCUT2D eigenvalue weighted by Gasteiger charge is -2.35. The van der Waals surface area contributed by atoms with Gasteiger partial charge in [0.1, 0.15) is 11.4 Å². The van der Waals surface area contributed by atoms with Gasteiger partial charge >= 0.3 is 12.3 Å². The number of benzene rings is 1. The highest BCUT2D eigenvalue weighted by Gasteiger charge is 2.32. The van der Waals surface area contributed by atoms with Gasteiger partial charge in [0.15, 0.2) is 0 Å². The summed E-state index contributed by atoms with van der Waals surface area (Å²) in [5.41, 5.74) is -1.98. The fraction of sp³-hybridized carbons (Fsp3) is 0.455. The van der Waals surface area contributed by atoms with Crippen LogP contribution in [0.25, 0.3) is 11.1 Å². The van der Waals surface area contributed by atoms with Crippen molar-refractivity contribution in [1.29, 1.82) is 0 Å². The molecule has 2 heterocycles. The third-order valence-electron chi connectivity index (χ3n) is 5.03. The number of phenols is 1. The minimum absolute atomic E-state index is 0.0205. The zero-order chi connectivity index (χ0) is 23.0. The van der Waals surface area contributed by atoms with Crippen LogP contribution in [0, 0.1) is 0 Å². The van der Waals surface area contributed by atoms with Gasteiger partial charge in [0.05, 0.1) is 17.2 Å². The van der Waals surface area contributed by atoms with Crippen LogP contribution in [0.1, 0.15) is 45.2 Å². The second kappa shape index (κ2) is 8.28. The Bertz CT molecular complexity index is 1020. The molecule has 0 saturated carbocycles. The van der Waals surface area contributed by atoms with Gasteiger partial charge in [0.25, 0.3) is 5.56 Å². The van der Waals surface area contributed by atoms with Gasteiger partial charge in [-0.3, -0.25) is 4.79 Å². The molecular weight excluding hydrogens is 413 g/mol. The maximum atomic E-state index is 13.1. The molecule has 1 aliphatic heterocycles. The number of hydrogen-bond donors (Lipinski definition) is 1. The Labute approximate surface area is 177 Å². The lowest BCUT2D eigenvalue weighted by molar-refractivity contribution is -0.137. The number of alkyl halides is 3. The summed E-state index contributed by atoms with van der Waals surface area (Å²) in [6.07, 6.45) is -2.15. The van der Waals surface area contributed by atoms with Gasteiger partial charge in [-0.1, -0.05) is 0 Å². The maximum absolute atomic E-state index is 13.1. The molecule has 0 radical (unpaired) electrons. The zero-order valence-corrected chi connectivity index (χ0v) is 17.6. The first-order chi connectivity index (χ1) is 14.4. The molecule has 168 valence electrons. The Kier molecular flexibility index (Phi) is 6.07. The highest BCUT2D eigenvalue weighted by molar-refractivity contribution is 5.70. The lowest BCUT2D eigenvalue weighted by atomic mass is 10.0. The van der Waals surface area contributed by atoms with Crippen LogP contribution in [0.3, 0.4) is 0 Å². The predicted molar refractivity (Wildman–Crippen MR) is 109 cm³/mol. The van der Waals surface area contributed by atoms with Gasteiger partial charge in [-0.2, -0.15) is 13.2 Å². The maximum Gasteiger partial charge on any atom is 0.416 e. The molecule has 1 N–H and O–H groups in total. The quantitative estimate of drug-likeness (QED) is 0.730. The van der Waals surface area contributed by atoms with Crippen LogP contribution in [0.2, 0.25) is 0 Å². The van der Waals surface area contributed by atoms with Crippen LogP contribution < -0.4 is 5.56 Å².